The summed E-state index contributed by atoms with van der Waals surface area (Å²) in [5.74, 6) is 0. The monoisotopic (exact) mass is 299 g/mol. The Morgan fingerprint density at radius 2 is 1.70 bits per heavy atom. The highest BCUT2D eigenvalue weighted by Gasteiger charge is 2.29. The molecule has 0 spiro atoms. The molecule has 0 bridgehead atoms. The van der Waals surface area contributed by atoms with Crippen molar-refractivity contribution in [2.45, 2.75) is 18.6 Å². The molecule has 5 heteroatoms. The zero-order valence-electron chi connectivity index (χ0n) is 10.5. The first kappa shape index (κ1) is 14.9. The highest BCUT2D eigenvalue weighted by atomic mass is 35.5. The van der Waals surface area contributed by atoms with E-state index in [1.165, 1.54) is 12.1 Å². The maximum atomic E-state index is 12.5. The van der Waals surface area contributed by atoms with E-state index in [0.717, 1.165) is 23.3 Å². The summed E-state index contributed by atoms with van der Waals surface area (Å²) in [6.07, 6.45) is -3.86. The quantitative estimate of drug-likeness (QED) is 0.880. The predicted molar refractivity (Wildman–Crippen MR) is 73.5 cm³/mol. The Kier molecular flexibility index (Phi) is 4.35. The Hall–Kier alpha value is -1.52. The van der Waals surface area contributed by atoms with Gasteiger partial charge in [0.05, 0.1) is 5.56 Å². The van der Waals surface area contributed by atoms with Crippen LogP contribution in [0.2, 0.25) is 5.02 Å². The lowest BCUT2D eigenvalue weighted by atomic mass is 9.99. The minimum absolute atomic E-state index is 0.301. The minimum Gasteiger partial charge on any atom is -0.324 e. The van der Waals surface area contributed by atoms with Crippen molar-refractivity contribution in [3.05, 3.63) is 70.2 Å². The molecule has 2 aromatic rings. The smallest absolute Gasteiger partial charge is 0.324 e. The third-order valence-corrected chi connectivity index (χ3v) is 3.25. The largest absolute Gasteiger partial charge is 0.416 e. The number of hydrogen-bond donors (Lipinski definition) is 1. The first-order chi connectivity index (χ1) is 9.36. The van der Waals surface area contributed by atoms with Gasteiger partial charge in [0.2, 0.25) is 0 Å². The average molecular weight is 300 g/mol. The van der Waals surface area contributed by atoms with E-state index in [9.17, 15) is 13.2 Å². The van der Waals surface area contributed by atoms with Crippen molar-refractivity contribution in [1.82, 2.24) is 0 Å². The molecule has 2 rings (SSSR count). The summed E-state index contributed by atoms with van der Waals surface area (Å²) in [5.41, 5.74) is 7.00. The Morgan fingerprint density at radius 1 is 1.05 bits per heavy atom. The highest BCUT2D eigenvalue weighted by Crippen LogP contribution is 2.29. The number of rotatable bonds is 3. The van der Waals surface area contributed by atoms with Crippen molar-refractivity contribution in [1.29, 1.82) is 0 Å². The number of alkyl halides is 3. The van der Waals surface area contributed by atoms with Gasteiger partial charge in [-0.25, -0.2) is 0 Å². The first-order valence-electron chi connectivity index (χ1n) is 6.03. The Bertz CT molecular complexity index is 578. The number of nitrogens with two attached hydrogens (primary N) is 1. The summed E-state index contributed by atoms with van der Waals surface area (Å²) in [6, 6.07) is 11.9. The molecular formula is C15H13ClF3N. The second-order valence-corrected chi connectivity index (χ2v) is 5.00. The van der Waals surface area contributed by atoms with E-state index in [0.29, 0.717) is 11.4 Å². The van der Waals surface area contributed by atoms with Gasteiger partial charge in [0, 0.05) is 11.1 Å². The van der Waals surface area contributed by atoms with Crippen LogP contribution >= 0.6 is 11.6 Å². The molecule has 0 amide bonds. The zero-order valence-corrected chi connectivity index (χ0v) is 11.2. The van der Waals surface area contributed by atoms with Gasteiger partial charge in [-0.1, -0.05) is 35.9 Å². The average Bonchev–Trinajstić information content (AvgIpc) is 2.38. The number of benzene rings is 2. The molecule has 0 aromatic heterocycles. The lowest BCUT2D eigenvalue weighted by molar-refractivity contribution is -0.137. The molecule has 0 aliphatic heterocycles. The molecule has 0 aliphatic rings. The van der Waals surface area contributed by atoms with Crippen LogP contribution < -0.4 is 5.73 Å². The van der Waals surface area contributed by atoms with E-state index in [1.807, 2.05) is 6.07 Å². The van der Waals surface area contributed by atoms with Crippen LogP contribution in [-0.4, -0.2) is 0 Å². The van der Waals surface area contributed by atoms with E-state index in [4.69, 9.17) is 17.3 Å². The molecule has 106 valence electrons. The molecule has 0 heterocycles. The fourth-order valence-electron chi connectivity index (χ4n) is 1.94. The molecule has 2 aromatic carbocycles. The van der Waals surface area contributed by atoms with Gasteiger partial charge in [-0.3, -0.25) is 0 Å². The van der Waals surface area contributed by atoms with Gasteiger partial charge in [0.1, 0.15) is 0 Å². The SMILES string of the molecule is NC(Cc1ccc(C(F)(F)F)cc1)c1cccc(Cl)c1. The van der Waals surface area contributed by atoms with Crippen LogP contribution in [0.1, 0.15) is 22.7 Å². The summed E-state index contributed by atoms with van der Waals surface area (Å²) >= 11 is 5.88. The lowest BCUT2D eigenvalue weighted by Crippen LogP contribution is -2.13. The van der Waals surface area contributed by atoms with Crippen LogP contribution in [0.25, 0.3) is 0 Å². The summed E-state index contributed by atoms with van der Waals surface area (Å²) in [5, 5.41) is 0.588. The Balaban J connectivity index is 2.10. The van der Waals surface area contributed by atoms with Crippen molar-refractivity contribution in [2.75, 3.05) is 0 Å². The van der Waals surface area contributed by atoms with Crippen molar-refractivity contribution < 1.29 is 13.2 Å². The summed E-state index contributed by atoms with van der Waals surface area (Å²) in [6.45, 7) is 0. The minimum atomic E-state index is -4.31. The third kappa shape index (κ3) is 3.74. The van der Waals surface area contributed by atoms with Gasteiger partial charge in [-0.05, 0) is 41.8 Å². The predicted octanol–water partition coefficient (Wildman–Crippen LogP) is 4.60. The van der Waals surface area contributed by atoms with Gasteiger partial charge in [-0.15, -0.1) is 0 Å². The van der Waals surface area contributed by atoms with Crippen LogP contribution in [0.15, 0.2) is 48.5 Å². The summed E-state index contributed by atoms with van der Waals surface area (Å²) in [4.78, 5) is 0. The zero-order chi connectivity index (χ0) is 14.8. The molecule has 0 radical (unpaired) electrons. The van der Waals surface area contributed by atoms with Crippen LogP contribution in [0.4, 0.5) is 13.2 Å². The van der Waals surface area contributed by atoms with Crippen molar-refractivity contribution in [3.8, 4) is 0 Å². The standard InChI is InChI=1S/C15H13ClF3N/c16-13-3-1-2-11(9-13)14(20)8-10-4-6-12(7-5-10)15(17,18)19/h1-7,9,14H,8,20H2. The van der Waals surface area contributed by atoms with Crippen LogP contribution in [0.5, 0.6) is 0 Å². The van der Waals surface area contributed by atoms with Crippen LogP contribution in [0.3, 0.4) is 0 Å². The van der Waals surface area contributed by atoms with Crippen molar-refractivity contribution in [2.24, 2.45) is 5.73 Å². The van der Waals surface area contributed by atoms with Crippen molar-refractivity contribution in [3.63, 3.8) is 0 Å². The molecule has 0 saturated heterocycles. The molecule has 0 aliphatic carbocycles. The maximum absolute atomic E-state index is 12.5. The van der Waals surface area contributed by atoms with Gasteiger partial charge >= 0.3 is 6.18 Å². The molecule has 20 heavy (non-hydrogen) atoms. The topological polar surface area (TPSA) is 26.0 Å². The molecule has 1 nitrogen and oxygen atoms in total. The molecule has 2 N–H and O–H groups in total. The first-order valence-corrected chi connectivity index (χ1v) is 6.41. The fourth-order valence-corrected chi connectivity index (χ4v) is 2.14. The van der Waals surface area contributed by atoms with Crippen molar-refractivity contribution >= 4 is 11.6 Å². The number of hydrogen-bond acceptors (Lipinski definition) is 1. The van der Waals surface area contributed by atoms with Gasteiger partial charge in [0.15, 0.2) is 0 Å². The summed E-state index contributed by atoms with van der Waals surface area (Å²) in [7, 11) is 0. The molecule has 0 fully saturated rings. The maximum Gasteiger partial charge on any atom is 0.416 e. The Labute approximate surface area is 120 Å². The Morgan fingerprint density at radius 3 is 2.25 bits per heavy atom. The van der Waals surface area contributed by atoms with E-state index in [2.05, 4.69) is 0 Å². The third-order valence-electron chi connectivity index (χ3n) is 3.01. The lowest BCUT2D eigenvalue weighted by Gasteiger charge is -2.13. The van der Waals surface area contributed by atoms with Crippen LogP contribution in [-0.2, 0) is 12.6 Å². The van der Waals surface area contributed by atoms with E-state index < -0.39 is 11.7 Å². The molecular weight excluding hydrogens is 287 g/mol. The second kappa shape index (κ2) is 5.85. The van der Waals surface area contributed by atoms with E-state index in [1.54, 1.807) is 18.2 Å². The molecule has 1 atom stereocenters. The fraction of sp³-hybridized carbons (Fsp3) is 0.200. The molecule has 0 saturated carbocycles. The molecule has 1 unspecified atom stereocenters. The van der Waals surface area contributed by atoms with E-state index in [-0.39, 0.29) is 6.04 Å². The van der Waals surface area contributed by atoms with Crippen LogP contribution in [0, 0.1) is 0 Å². The highest BCUT2D eigenvalue weighted by molar-refractivity contribution is 6.30. The van der Waals surface area contributed by atoms with Gasteiger partial charge in [-0.2, -0.15) is 13.2 Å². The normalized spacial score (nSPS) is 13.2. The van der Waals surface area contributed by atoms with E-state index >= 15 is 0 Å². The van der Waals surface area contributed by atoms with Gasteiger partial charge < -0.3 is 5.73 Å². The summed E-state index contributed by atoms with van der Waals surface area (Å²) < 4.78 is 37.4. The second-order valence-electron chi connectivity index (χ2n) is 4.56. The van der Waals surface area contributed by atoms with Gasteiger partial charge in [0.25, 0.3) is 0 Å². The number of halogens is 4.